The monoisotopic (exact) mass is 412 g/mol. The van der Waals surface area contributed by atoms with E-state index in [-0.39, 0.29) is 0 Å². The molecule has 1 N–H and O–H groups in total. The zero-order valence-electron chi connectivity index (χ0n) is 19.1. The number of hydrogen-bond acceptors (Lipinski definition) is 1. The standard InChI is InChI=1S/C29H36N2/c1-20-7-9-22(10-8-20)18-31-19-26(27-5-3-4-6-28(27)31)17-30-21(2)29-14-23-11-24(15-29)13-25(12-23)16-29/h3-10,19,21,23-25,30H,11-18H2,1-2H3/t21-,23?,24?,25?,29?/m0/s1. The van der Waals surface area contributed by atoms with Gasteiger partial charge >= 0.3 is 0 Å². The van der Waals surface area contributed by atoms with Crippen LogP contribution in [0.15, 0.2) is 54.7 Å². The Morgan fingerprint density at radius 1 is 0.935 bits per heavy atom. The van der Waals surface area contributed by atoms with Gasteiger partial charge in [0.2, 0.25) is 0 Å². The molecular weight excluding hydrogens is 376 g/mol. The molecule has 3 aromatic rings. The van der Waals surface area contributed by atoms with Gasteiger partial charge in [0.05, 0.1) is 0 Å². The first-order valence-corrected chi connectivity index (χ1v) is 12.4. The molecule has 162 valence electrons. The van der Waals surface area contributed by atoms with Crippen LogP contribution in [0.4, 0.5) is 0 Å². The molecule has 2 aromatic carbocycles. The minimum absolute atomic E-state index is 0.565. The number of nitrogens with zero attached hydrogens (tertiary/aromatic N) is 1. The molecule has 0 spiro atoms. The van der Waals surface area contributed by atoms with E-state index >= 15 is 0 Å². The molecule has 2 heteroatoms. The number of nitrogens with one attached hydrogen (secondary N) is 1. The van der Waals surface area contributed by atoms with Crippen molar-refractivity contribution in [1.29, 1.82) is 0 Å². The third-order valence-corrected chi connectivity index (χ3v) is 8.95. The first kappa shape index (κ1) is 19.6. The van der Waals surface area contributed by atoms with Crippen LogP contribution in [-0.2, 0) is 13.1 Å². The van der Waals surface area contributed by atoms with E-state index in [2.05, 4.69) is 78.5 Å². The second kappa shape index (κ2) is 7.52. The lowest BCUT2D eigenvalue weighted by Gasteiger charge is -2.59. The van der Waals surface area contributed by atoms with Crippen LogP contribution in [0, 0.1) is 30.1 Å². The molecule has 1 aromatic heterocycles. The summed E-state index contributed by atoms with van der Waals surface area (Å²) >= 11 is 0. The van der Waals surface area contributed by atoms with Crippen molar-refractivity contribution < 1.29 is 0 Å². The predicted octanol–water partition coefficient (Wildman–Crippen LogP) is 6.69. The molecule has 4 saturated carbocycles. The summed E-state index contributed by atoms with van der Waals surface area (Å²) in [5, 5.41) is 5.42. The fourth-order valence-corrected chi connectivity index (χ4v) is 7.67. The van der Waals surface area contributed by atoms with Gasteiger partial charge in [-0.3, -0.25) is 0 Å². The van der Waals surface area contributed by atoms with Crippen LogP contribution >= 0.6 is 0 Å². The van der Waals surface area contributed by atoms with Crippen molar-refractivity contribution in [2.75, 3.05) is 0 Å². The number of benzene rings is 2. The molecule has 0 radical (unpaired) electrons. The number of rotatable bonds is 6. The summed E-state index contributed by atoms with van der Waals surface area (Å²) in [7, 11) is 0. The second-order valence-corrected chi connectivity index (χ2v) is 11.2. The first-order chi connectivity index (χ1) is 15.1. The first-order valence-electron chi connectivity index (χ1n) is 12.4. The van der Waals surface area contributed by atoms with Crippen molar-refractivity contribution in [2.24, 2.45) is 23.2 Å². The highest BCUT2D eigenvalue weighted by atomic mass is 15.0. The van der Waals surface area contributed by atoms with Crippen molar-refractivity contribution >= 4 is 10.9 Å². The molecule has 0 amide bonds. The molecule has 31 heavy (non-hydrogen) atoms. The molecule has 2 nitrogen and oxygen atoms in total. The predicted molar refractivity (Wildman–Crippen MR) is 129 cm³/mol. The van der Waals surface area contributed by atoms with Crippen LogP contribution < -0.4 is 5.32 Å². The lowest BCUT2D eigenvalue weighted by molar-refractivity contribution is -0.0706. The average molecular weight is 413 g/mol. The Kier molecular flexibility index (Phi) is 4.76. The van der Waals surface area contributed by atoms with Crippen molar-refractivity contribution in [1.82, 2.24) is 9.88 Å². The zero-order chi connectivity index (χ0) is 21.0. The van der Waals surface area contributed by atoms with Crippen molar-refractivity contribution in [2.45, 2.75) is 71.5 Å². The minimum atomic E-state index is 0.565. The van der Waals surface area contributed by atoms with E-state index in [1.807, 2.05) is 0 Å². The van der Waals surface area contributed by atoms with E-state index in [1.54, 1.807) is 0 Å². The zero-order valence-corrected chi connectivity index (χ0v) is 19.1. The van der Waals surface area contributed by atoms with E-state index < -0.39 is 0 Å². The highest BCUT2D eigenvalue weighted by Gasteiger charge is 2.52. The highest BCUT2D eigenvalue weighted by Crippen LogP contribution is 2.61. The highest BCUT2D eigenvalue weighted by molar-refractivity contribution is 5.84. The summed E-state index contributed by atoms with van der Waals surface area (Å²) in [6.07, 6.45) is 11.4. The Hall–Kier alpha value is -2.06. The molecule has 4 aliphatic carbocycles. The van der Waals surface area contributed by atoms with E-state index in [4.69, 9.17) is 0 Å². The number of aromatic nitrogens is 1. The molecule has 4 bridgehead atoms. The largest absolute Gasteiger partial charge is 0.343 e. The summed E-state index contributed by atoms with van der Waals surface area (Å²) < 4.78 is 2.44. The van der Waals surface area contributed by atoms with Crippen LogP contribution in [0.3, 0.4) is 0 Å². The maximum Gasteiger partial charge on any atom is 0.0486 e. The normalized spacial score (nSPS) is 30.2. The van der Waals surface area contributed by atoms with Crippen molar-refractivity contribution in [3.05, 3.63) is 71.4 Å². The molecule has 7 rings (SSSR count). The van der Waals surface area contributed by atoms with Crippen LogP contribution in [0.1, 0.15) is 62.1 Å². The number of fused-ring (bicyclic) bond motifs is 1. The summed E-state index contributed by atoms with van der Waals surface area (Å²) in [6.45, 7) is 6.55. The third-order valence-electron chi connectivity index (χ3n) is 8.95. The fourth-order valence-electron chi connectivity index (χ4n) is 7.67. The van der Waals surface area contributed by atoms with E-state index in [0.717, 1.165) is 30.8 Å². The van der Waals surface area contributed by atoms with Gasteiger partial charge in [0.15, 0.2) is 0 Å². The van der Waals surface area contributed by atoms with Crippen molar-refractivity contribution in [3.8, 4) is 0 Å². The SMILES string of the molecule is Cc1ccc(Cn2cc(CN[C@@H](C)C34CC5CC(CC(C5)C3)C4)c3ccccc32)cc1. The van der Waals surface area contributed by atoms with Gasteiger partial charge in [-0.05, 0) is 92.7 Å². The molecule has 0 saturated heterocycles. The lowest BCUT2D eigenvalue weighted by Crippen LogP contribution is -2.54. The van der Waals surface area contributed by atoms with Gasteiger partial charge in [0, 0.05) is 36.2 Å². The Bertz CT molecular complexity index is 1040. The van der Waals surface area contributed by atoms with Gasteiger partial charge in [-0.25, -0.2) is 0 Å². The number of para-hydroxylation sites is 1. The minimum Gasteiger partial charge on any atom is -0.343 e. The van der Waals surface area contributed by atoms with E-state index in [0.29, 0.717) is 11.5 Å². The lowest BCUT2D eigenvalue weighted by atomic mass is 9.48. The van der Waals surface area contributed by atoms with E-state index in [1.165, 1.54) is 66.1 Å². The van der Waals surface area contributed by atoms with Gasteiger partial charge in [-0.15, -0.1) is 0 Å². The van der Waals surface area contributed by atoms with Gasteiger partial charge in [-0.2, -0.15) is 0 Å². The van der Waals surface area contributed by atoms with Crippen LogP contribution in [-0.4, -0.2) is 10.6 Å². The third kappa shape index (κ3) is 3.53. The summed E-state index contributed by atoms with van der Waals surface area (Å²) in [6, 6.07) is 18.5. The quantitative estimate of drug-likeness (QED) is 0.477. The maximum atomic E-state index is 4.02. The molecule has 0 unspecified atom stereocenters. The Labute approximate surface area is 187 Å². The van der Waals surface area contributed by atoms with Crippen LogP contribution in [0.2, 0.25) is 0 Å². The Morgan fingerprint density at radius 3 is 2.26 bits per heavy atom. The molecule has 4 aliphatic rings. The van der Waals surface area contributed by atoms with Crippen LogP contribution in [0.25, 0.3) is 10.9 Å². The van der Waals surface area contributed by atoms with Gasteiger partial charge in [-0.1, -0.05) is 48.0 Å². The molecule has 0 aliphatic heterocycles. The van der Waals surface area contributed by atoms with Gasteiger partial charge in [0.25, 0.3) is 0 Å². The fraction of sp³-hybridized carbons (Fsp3) is 0.517. The number of aryl methyl sites for hydroxylation is 1. The smallest absolute Gasteiger partial charge is 0.0486 e. The average Bonchev–Trinajstić information content (AvgIpc) is 3.10. The topological polar surface area (TPSA) is 17.0 Å². The summed E-state index contributed by atoms with van der Waals surface area (Å²) in [4.78, 5) is 0. The molecular formula is C29H36N2. The van der Waals surface area contributed by atoms with E-state index in [9.17, 15) is 0 Å². The molecule has 1 atom stereocenters. The van der Waals surface area contributed by atoms with Crippen LogP contribution in [0.5, 0.6) is 0 Å². The number of hydrogen-bond donors (Lipinski definition) is 1. The van der Waals surface area contributed by atoms with Gasteiger partial charge in [0.1, 0.15) is 0 Å². The summed E-state index contributed by atoms with van der Waals surface area (Å²) in [5.74, 6) is 3.06. The molecule has 1 heterocycles. The maximum absolute atomic E-state index is 4.02. The second-order valence-electron chi connectivity index (χ2n) is 11.2. The van der Waals surface area contributed by atoms with Crippen molar-refractivity contribution in [3.63, 3.8) is 0 Å². The van der Waals surface area contributed by atoms with Gasteiger partial charge < -0.3 is 9.88 Å². The summed E-state index contributed by atoms with van der Waals surface area (Å²) in [5.41, 5.74) is 6.05. The Morgan fingerprint density at radius 2 is 1.58 bits per heavy atom. The Balaban J connectivity index is 1.22. The molecule has 4 fully saturated rings.